The van der Waals surface area contributed by atoms with Crippen molar-refractivity contribution in [1.29, 1.82) is 0 Å². The van der Waals surface area contributed by atoms with Gasteiger partial charge in [-0.25, -0.2) is 4.39 Å². The van der Waals surface area contributed by atoms with Gasteiger partial charge >= 0.3 is 0 Å². The molecule has 1 aromatic heterocycles. The lowest BCUT2D eigenvalue weighted by Gasteiger charge is -2.14. The van der Waals surface area contributed by atoms with Crippen LogP contribution in [0.2, 0.25) is 0 Å². The van der Waals surface area contributed by atoms with Crippen LogP contribution in [0.15, 0.2) is 42.7 Å². The van der Waals surface area contributed by atoms with E-state index in [2.05, 4.69) is 4.98 Å². The first-order valence-corrected chi connectivity index (χ1v) is 6.19. The lowest BCUT2D eigenvalue weighted by Crippen LogP contribution is -2.14. The van der Waals surface area contributed by atoms with E-state index in [-0.39, 0.29) is 6.10 Å². The van der Waals surface area contributed by atoms with Gasteiger partial charge < -0.3 is 10.5 Å². The summed E-state index contributed by atoms with van der Waals surface area (Å²) in [6.45, 7) is 3.93. The fourth-order valence-electron chi connectivity index (χ4n) is 1.84. The van der Waals surface area contributed by atoms with Gasteiger partial charge in [0, 0.05) is 11.8 Å². The van der Waals surface area contributed by atoms with Crippen molar-refractivity contribution >= 4 is 0 Å². The monoisotopic (exact) mass is 260 g/mol. The normalized spacial score (nSPS) is 12.5. The van der Waals surface area contributed by atoms with Crippen molar-refractivity contribution in [1.82, 2.24) is 4.98 Å². The maximum atomic E-state index is 13.6. The van der Waals surface area contributed by atoms with Gasteiger partial charge in [0.1, 0.15) is 11.6 Å². The lowest BCUT2D eigenvalue weighted by atomic mass is 10.0. The van der Waals surface area contributed by atoms with Crippen LogP contribution in [0.1, 0.15) is 31.0 Å². The molecule has 19 heavy (non-hydrogen) atoms. The molecule has 0 bridgehead atoms. The Morgan fingerprint density at radius 1 is 1.16 bits per heavy atom. The second-order valence-electron chi connectivity index (χ2n) is 4.61. The Bertz CT molecular complexity index is 540. The highest BCUT2D eigenvalue weighted by atomic mass is 19.1. The van der Waals surface area contributed by atoms with Gasteiger partial charge in [-0.15, -0.1) is 0 Å². The fourth-order valence-corrected chi connectivity index (χ4v) is 1.84. The van der Waals surface area contributed by atoms with E-state index in [0.717, 1.165) is 11.3 Å². The van der Waals surface area contributed by atoms with E-state index < -0.39 is 11.9 Å². The minimum absolute atomic E-state index is 0.122. The van der Waals surface area contributed by atoms with Crippen LogP contribution in [0.5, 0.6) is 5.75 Å². The Balaban J connectivity index is 2.20. The molecule has 0 saturated carbocycles. The molecular formula is C15H17FN2O. The Hall–Kier alpha value is -1.94. The average Bonchev–Trinajstić information content (AvgIpc) is 2.39. The van der Waals surface area contributed by atoms with Crippen LogP contribution in [0, 0.1) is 5.82 Å². The SMILES string of the molecule is CC(C)Oc1ccc(C(N)c2ccncc2F)cc1. The predicted octanol–water partition coefficient (Wildman–Crippen LogP) is 3.06. The number of rotatable bonds is 4. The van der Waals surface area contributed by atoms with Gasteiger partial charge in [-0.1, -0.05) is 12.1 Å². The molecule has 0 aliphatic heterocycles. The molecular weight excluding hydrogens is 243 g/mol. The fraction of sp³-hybridized carbons (Fsp3) is 0.267. The van der Waals surface area contributed by atoms with E-state index in [4.69, 9.17) is 10.5 Å². The molecule has 4 heteroatoms. The summed E-state index contributed by atoms with van der Waals surface area (Å²) in [5.41, 5.74) is 7.33. The van der Waals surface area contributed by atoms with Crippen LogP contribution in [0.4, 0.5) is 4.39 Å². The van der Waals surface area contributed by atoms with Gasteiger partial charge in [0.25, 0.3) is 0 Å². The zero-order chi connectivity index (χ0) is 13.8. The molecule has 0 saturated heterocycles. The number of hydrogen-bond donors (Lipinski definition) is 1. The summed E-state index contributed by atoms with van der Waals surface area (Å²) in [6.07, 6.45) is 2.83. The molecule has 0 aliphatic carbocycles. The molecule has 0 radical (unpaired) electrons. The van der Waals surface area contributed by atoms with Crippen molar-refractivity contribution in [2.75, 3.05) is 0 Å². The second kappa shape index (κ2) is 5.80. The molecule has 0 fully saturated rings. The maximum Gasteiger partial charge on any atom is 0.146 e. The molecule has 1 unspecified atom stereocenters. The lowest BCUT2D eigenvalue weighted by molar-refractivity contribution is 0.242. The first kappa shape index (κ1) is 13.5. The molecule has 2 aromatic rings. The minimum atomic E-state index is -0.504. The molecule has 1 aromatic carbocycles. The summed E-state index contributed by atoms with van der Waals surface area (Å²) >= 11 is 0. The molecule has 1 atom stereocenters. The van der Waals surface area contributed by atoms with E-state index in [1.807, 2.05) is 38.1 Å². The van der Waals surface area contributed by atoms with E-state index in [0.29, 0.717) is 5.56 Å². The summed E-state index contributed by atoms with van der Waals surface area (Å²) in [4.78, 5) is 3.72. The van der Waals surface area contributed by atoms with E-state index >= 15 is 0 Å². The number of nitrogens with two attached hydrogens (primary N) is 1. The zero-order valence-corrected chi connectivity index (χ0v) is 11.0. The van der Waals surface area contributed by atoms with E-state index in [9.17, 15) is 4.39 Å². The highest BCUT2D eigenvalue weighted by Crippen LogP contribution is 2.23. The first-order valence-electron chi connectivity index (χ1n) is 6.19. The standard InChI is InChI=1S/C15H17FN2O/c1-10(2)19-12-5-3-11(4-6-12)15(17)13-7-8-18-9-14(13)16/h3-10,15H,17H2,1-2H3. The van der Waals surface area contributed by atoms with Crippen LogP contribution in [0.25, 0.3) is 0 Å². The number of aromatic nitrogens is 1. The van der Waals surface area contributed by atoms with Gasteiger partial charge in [0.2, 0.25) is 0 Å². The van der Waals surface area contributed by atoms with Crippen molar-refractivity contribution < 1.29 is 9.13 Å². The molecule has 100 valence electrons. The molecule has 1 heterocycles. The number of pyridine rings is 1. The van der Waals surface area contributed by atoms with Crippen molar-refractivity contribution in [3.05, 3.63) is 59.7 Å². The minimum Gasteiger partial charge on any atom is -0.491 e. The molecule has 3 nitrogen and oxygen atoms in total. The van der Waals surface area contributed by atoms with E-state index in [1.54, 1.807) is 6.07 Å². The number of hydrogen-bond acceptors (Lipinski definition) is 3. The van der Waals surface area contributed by atoms with Gasteiger partial charge in [-0.2, -0.15) is 0 Å². The summed E-state index contributed by atoms with van der Waals surface area (Å²) in [5.74, 6) is 0.388. The summed E-state index contributed by atoms with van der Waals surface area (Å²) in [5, 5.41) is 0. The van der Waals surface area contributed by atoms with Crippen molar-refractivity contribution in [2.45, 2.75) is 26.0 Å². The van der Waals surface area contributed by atoms with Crippen LogP contribution < -0.4 is 10.5 Å². The van der Waals surface area contributed by atoms with Gasteiger partial charge in [0.15, 0.2) is 0 Å². The number of nitrogens with zero attached hydrogens (tertiary/aromatic N) is 1. The Morgan fingerprint density at radius 3 is 2.42 bits per heavy atom. The van der Waals surface area contributed by atoms with Gasteiger partial charge in [0.05, 0.1) is 18.3 Å². The Morgan fingerprint density at radius 2 is 1.84 bits per heavy atom. The van der Waals surface area contributed by atoms with Crippen molar-refractivity contribution in [3.8, 4) is 5.75 Å². The second-order valence-corrected chi connectivity index (χ2v) is 4.61. The van der Waals surface area contributed by atoms with Crippen molar-refractivity contribution in [3.63, 3.8) is 0 Å². The largest absolute Gasteiger partial charge is 0.491 e. The van der Waals surface area contributed by atoms with Crippen LogP contribution in [-0.2, 0) is 0 Å². The molecule has 0 aliphatic rings. The number of ether oxygens (including phenoxy) is 1. The smallest absolute Gasteiger partial charge is 0.146 e. The molecule has 0 amide bonds. The topological polar surface area (TPSA) is 48.1 Å². The quantitative estimate of drug-likeness (QED) is 0.919. The van der Waals surface area contributed by atoms with Crippen LogP contribution in [-0.4, -0.2) is 11.1 Å². The summed E-state index contributed by atoms with van der Waals surface area (Å²) < 4.78 is 19.2. The van der Waals surface area contributed by atoms with Gasteiger partial charge in [-0.05, 0) is 37.6 Å². The molecule has 0 spiro atoms. The predicted molar refractivity (Wildman–Crippen MR) is 72.4 cm³/mol. The van der Waals surface area contributed by atoms with Crippen LogP contribution in [0.3, 0.4) is 0 Å². The third-order valence-electron chi connectivity index (χ3n) is 2.75. The Labute approximate surface area is 112 Å². The molecule has 2 N–H and O–H groups in total. The highest BCUT2D eigenvalue weighted by molar-refractivity contribution is 5.35. The third kappa shape index (κ3) is 3.29. The van der Waals surface area contributed by atoms with Gasteiger partial charge in [-0.3, -0.25) is 4.98 Å². The average molecular weight is 260 g/mol. The number of halogens is 1. The zero-order valence-electron chi connectivity index (χ0n) is 11.0. The third-order valence-corrected chi connectivity index (χ3v) is 2.75. The highest BCUT2D eigenvalue weighted by Gasteiger charge is 2.13. The number of benzene rings is 1. The first-order chi connectivity index (χ1) is 9.08. The summed E-state index contributed by atoms with van der Waals surface area (Å²) in [6, 6.07) is 8.47. The van der Waals surface area contributed by atoms with Crippen LogP contribution >= 0.6 is 0 Å². The summed E-state index contributed by atoms with van der Waals surface area (Å²) in [7, 11) is 0. The maximum absolute atomic E-state index is 13.6. The van der Waals surface area contributed by atoms with E-state index in [1.165, 1.54) is 12.4 Å². The Kier molecular flexibility index (Phi) is 4.12. The van der Waals surface area contributed by atoms with Crippen molar-refractivity contribution in [2.24, 2.45) is 5.73 Å². The molecule has 2 rings (SSSR count).